The fraction of sp³-hybridized carbons (Fsp3) is 0.667. The molecular weight excluding hydrogens is 208 g/mol. The zero-order chi connectivity index (χ0) is 12.1. The lowest BCUT2D eigenvalue weighted by Gasteiger charge is -2.34. The molecule has 1 aromatic rings. The number of hydrogen-bond donors (Lipinski definition) is 1. The second-order valence-corrected chi connectivity index (χ2v) is 5.28. The molecule has 1 aliphatic rings. The topological polar surface area (TPSA) is 24.9 Å². The lowest BCUT2D eigenvalue weighted by Crippen LogP contribution is -2.39. The van der Waals surface area contributed by atoms with Crippen LogP contribution in [0.3, 0.4) is 0 Å². The summed E-state index contributed by atoms with van der Waals surface area (Å²) in [5.41, 5.74) is 1.41. The molecule has 0 aliphatic heterocycles. The van der Waals surface area contributed by atoms with Crippen LogP contribution in [-0.4, -0.2) is 18.1 Å². The summed E-state index contributed by atoms with van der Waals surface area (Å²) in [6.07, 6.45) is 10.8. The van der Waals surface area contributed by atoms with Crippen molar-refractivity contribution in [3.05, 3.63) is 30.1 Å². The van der Waals surface area contributed by atoms with Gasteiger partial charge < -0.3 is 5.32 Å². The molecule has 0 radical (unpaired) electrons. The van der Waals surface area contributed by atoms with Gasteiger partial charge in [0.2, 0.25) is 0 Å². The van der Waals surface area contributed by atoms with Crippen molar-refractivity contribution in [2.24, 2.45) is 5.92 Å². The lowest BCUT2D eigenvalue weighted by atomic mass is 9.77. The van der Waals surface area contributed by atoms with E-state index in [0.29, 0.717) is 12.0 Å². The zero-order valence-electron chi connectivity index (χ0n) is 11.0. The van der Waals surface area contributed by atoms with E-state index in [2.05, 4.69) is 36.4 Å². The quantitative estimate of drug-likeness (QED) is 0.861. The van der Waals surface area contributed by atoms with Crippen molar-refractivity contribution in [3.8, 4) is 0 Å². The van der Waals surface area contributed by atoms with Gasteiger partial charge in [0.05, 0.1) is 0 Å². The molecule has 2 heteroatoms. The summed E-state index contributed by atoms with van der Waals surface area (Å²) < 4.78 is 0. The van der Waals surface area contributed by atoms with Crippen LogP contribution in [0.2, 0.25) is 0 Å². The van der Waals surface area contributed by atoms with Crippen LogP contribution in [0, 0.1) is 5.92 Å². The fourth-order valence-corrected chi connectivity index (χ4v) is 3.26. The molecule has 2 unspecified atom stereocenters. The van der Waals surface area contributed by atoms with Gasteiger partial charge in [-0.2, -0.15) is 0 Å². The van der Waals surface area contributed by atoms with Crippen molar-refractivity contribution in [1.29, 1.82) is 0 Å². The molecule has 1 aliphatic carbocycles. The highest BCUT2D eigenvalue weighted by Crippen LogP contribution is 2.32. The lowest BCUT2D eigenvalue weighted by molar-refractivity contribution is 0.255. The van der Waals surface area contributed by atoms with Crippen LogP contribution in [0.15, 0.2) is 24.5 Å². The first-order valence-electron chi connectivity index (χ1n) is 6.90. The SMILES string of the molecule is CNC(C1CCCCC1)C(C)c1ccncc1. The van der Waals surface area contributed by atoms with Crippen LogP contribution < -0.4 is 5.32 Å². The number of likely N-dealkylation sites (N-methyl/N-ethyl adjacent to an activating group) is 1. The molecule has 1 N–H and O–H groups in total. The minimum Gasteiger partial charge on any atom is -0.316 e. The van der Waals surface area contributed by atoms with Crippen LogP contribution in [-0.2, 0) is 0 Å². The summed E-state index contributed by atoms with van der Waals surface area (Å²) in [7, 11) is 2.11. The van der Waals surface area contributed by atoms with E-state index in [-0.39, 0.29) is 0 Å². The van der Waals surface area contributed by atoms with E-state index in [4.69, 9.17) is 0 Å². The summed E-state index contributed by atoms with van der Waals surface area (Å²) in [5, 5.41) is 3.55. The standard InChI is InChI=1S/C15H24N2/c1-12(13-8-10-17-11-9-13)15(16-2)14-6-4-3-5-7-14/h8-12,14-16H,3-7H2,1-2H3. The van der Waals surface area contributed by atoms with Crippen molar-refractivity contribution in [2.45, 2.75) is 51.0 Å². The second kappa shape index (κ2) is 6.15. The highest BCUT2D eigenvalue weighted by molar-refractivity contribution is 5.17. The Balaban J connectivity index is 2.06. The van der Waals surface area contributed by atoms with E-state index in [1.807, 2.05) is 12.4 Å². The van der Waals surface area contributed by atoms with Crippen LogP contribution >= 0.6 is 0 Å². The molecule has 0 saturated heterocycles. The molecule has 0 spiro atoms. The van der Waals surface area contributed by atoms with E-state index in [1.165, 1.54) is 37.7 Å². The monoisotopic (exact) mass is 232 g/mol. The van der Waals surface area contributed by atoms with Gasteiger partial charge in [0, 0.05) is 18.4 Å². The number of nitrogens with one attached hydrogen (secondary N) is 1. The van der Waals surface area contributed by atoms with Crippen molar-refractivity contribution >= 4 is 0 Å². The zero-order valence-corrected chi connectivity index (χ0v) is 11.0. The summed E-state index contributed by atoms with van der Waals surface area (Å²) in [6.45, 7) is 2.34. The van der Waals surface area contributed by atoms with Gasteiger partial charge in [-0.25, -0.2) is 0 Å². The maximum atomic E-state index is 4.11. The summed E-state index contributed by atoms with van der Waals surface area (Å²) in [4.78, 5) is 4.11. The Bertz CT molecular complexity index is 317. The number of nitrogens with zero attached hydrogens (tertiary/aromatic N) is 1. The molecule has 94 valence electrons. The fourth-order valence-electron chi connectivity index (χ4n) is 3.26. The average Bonchev–Trinajstić information content (AvgIpc) is 2.42. The maximum absolute atomic E-state index is 4.11. The third-order valence-electron chi connectivity index (χ3n) is 4.26. The molecule has 1 aromatic heterocycles. The summed E-state index contributed by atoms with van der Waals surface area (Å²) in [6, 6.07) is 4.91. The Morgan fingerprint density at radius 1 is 1.18 bits per heavy atom. The Hall–Kier alpha value is -0.890. The van der Waals surface area contributed by atoms with Gasteiger partial charge in [0.1, 0.15) is 0 Å². The van der Waals surface area contributed by atoms with E-state index in [9.17, 15) is 0 Å². The molecule has 2 nitrogen and oxygen atoms in total. The van der Waals surface area contributed by atoms with Crippen molar-refractivity contribution < 1.29 is 0 Å². The van der Waals surface area contributed by atoms with Gasteiger partial charge in [0.15, 0.2) is 0 Å². The second-order valence-electron chi connectivity index (χ2n) is 5.28. The highest BCUT2D eigenvalue weighted by atomic mass is 14.9. The molecule has 0 bridgehead atoms. The highest BCUT2D eigenvalue weighted by Gasteiger charge is 2.27. The molecule has 0 amide bonds. The first-order chi connectivity index (χ1) is 8.33. The van der Waals surface area contributed by atoms with E-state index >= 15 is 0 Å². The predicted molar refractivity (Wildman–Crippen MR) is 72.1 cm³/mol. The molecule has 1 fully saturated rings. The number of aromatic nitrogens is 1. The summed E-state index contributed by atoms with van der Waals surface area (Å²) >= 11 is 0. The number of hydrogen-bond acceptors (Lipinski definition) is 2. The van der Waals surface area contributed by atoms with E-state index in [0.717, 1.165) is 5.92 Å². The van der Waals surface area contributed by atoms with Crippen molar-refractivity contribution in [3.63, 3.8) is 0 Å². The van der Waals surface area contributed by atoms with Crippen LogP contribution in [0.25, 0.3) is 0 Å². The van der Waals surface area contributed by atoms with Crippen LogP contribution in [0.1, 0.15) is 50.5 Å². The molecular formula is C15H24N2. The molecule has 2 rings (SSSR count). The molecule has 0 aromatic carbocycles. The largest absolute Gasteiger partial charge is 0.316 e. The predicted octanol–water partition coefficient (Wildman–Crippen LogP) is 3.35. The number of rotatable bonds is 4. The molecule has 1 saturated carbocycles. The van der Waals surface area contributed by atoms with E-state index in [1.54, 1.807) is 0 Å². The first-order valence-corrected chi connectivity index (χ1v) is 6.90. The van der Waals surface area contributed by atoms with Gasteiger partial charge in [0.25, 0.3) is 0 Å². The smallest absolute Gasteiger partial charge is 0.0270 e. The summed E-state index contributed by atoms with van der Waals surface area (Å²) in [5.74, 6) is 1.42. The molecule has 17 heavy (non-hydrogen) atoms. The Morgan fingerprint density at radius 3 is 2.41 bits per heavy atom. The Kier molecular flexibility index (Phi) is 4.55. The Morgan fingerprint density at radius 2 is 1.82 bits per heavy atom. The normalized spacial score (nSPS) is 21.1. The first kappa shape index (κ1) is 12.6. The van der Waals surface area contributed by atoms with Gasteiger partial charge >= 0.3 is 0 Å². The number of pyridine rings is 1. The molecule has 1 heterocycles. The van der Waals surface area contributed by atoms with Crippen molar-refractivity contribution in [2.75, 3.05) is 7.05 Å². The van der Waals surface area contributed by atoms with Gasteiger partial charge in [-0.15, -0.1) is 0 Å². The van der Waals surface area contributed by atoms with Crippen LogP contribution in [0.5, 0.6) is 0 Å². The van der Waals surface area contributed by atoms with Gasteiger partial charge in [-0.1, -0.05) is 26.2 Å². The van der Waals surface area contributed by atoms with Gasteiger partial charge in [-0.3, -0.25) is 4.98 Å². The molecule has 2 atom stereocenters. The van der Waals surface area contributed by atoms with Gasteiger partial charge in [-0.05, 0) is 49.4 Å². The van der Waals surface area contributed by atoms with Crippen molar-refractivity contribution in [1.82, 2.24) is 10.3 Å². The third kappa shape index (κ3) is 3.06. The third-order valence-corrected chi connectivity index (χ3v) is 4.26. The Labute approximate surface area is 105 Å². The minimum absolute atomic E-state index is 0.575. The maximum Gasteiger partial charge on any atom is 0.0270 e. The minimum atomic E-state index is 0.575. The van der Waals surface area contributed by atoms with Crippen LogP contribution in [0.4, 0.5) is 0 Å². The van der Waals surface area contributed by atoms with E-state index < -0.39 is 0 Å². The average molecular weight is 232 g/mol.